The highest BCUT2D eigenvalue weighted by atomic mass is 15.2. The molecule has 1 aliphatic rings. The first-order valence-corrected chi connectivity index (χ1v) is 3.20. The predicted molar refractivity (Wildman–Crippen MR) is 35.0 cm³/mol. The van der Waals surface area contributed by atoms with E-state index in [1.165, 1.54) is 18.7 Å². The van der Waals surface area contributed by atoms with Crippen LogP contribution in [-0.4, -0.2) is 12.5 Å². The van der Waals surface area contributed by atoms with E-state index < -0.39 is 0 Å². The van der Waals surface area contributed by atoms with E-state index in [4.69, 9.17) is 0 Å². The van der Waals surface area contributed by atoms with Gasteiger partial charge < -0.3 is 5.32 Å². The van der Waals surface area contributed by atoms with Crippen LogP contribution in [0, 0.1) is 0 Å². The van der Waals surface area contributed by atoms with Crippen LogP contribution in [0.4, 0.5) is 0 Å². The number of nitrogens with one attached hydrogen (secondary N) is 1. The van der Waals surface area contributed by atoms with Crippen LogP contribution in [0.15, 0.2) is 4.99 Å². The molecular weight excluding hydrogens is 100 g/mol. The monoisotopic (exact) mass is 112 g/mol. The van der Waals surface area contributed by atoms with Crippen molar-refractivity contribution in [2.45, 2.75) is 26.2 Å². The Bertz CT molecular complexity index is 96.7. The molecule has 1 aliphatic heterocycles. The summed E-state index contributed by atoms with van der Waals surface area (Å²) in [5.74, 6) is 1.20. The topological polar surface area (TPSA) is 24.4 Å². The maximum Gasteiger partial charge on any atom is 0.110 e. The molecule has 0 radical (unpaired) electrons. The average Bonchev–Trinajstić information content (AvgIpc) is 1.63. The molecule has 0 saturated heterocycles. The number of hydrogen-bond donors (Lipinski definition) is 1. The van der Waals surface area contributed by atoms with Crippen molar-refractivity contribution in [3.05, 3.63) is 0 Å². The van der Waals surface area contributed by atoms with E-state index in [9.17, 15) is 0 Å². The van der Waals surface area contributed by atoms with Crippen LogP contribution in [0.25, 0.3) is 0 Å². The van der Waals surface area contributed by atoms with Crippen molar-refractivity contribution in [2.75, 3.05) is 6.67 Å². The molecule has 2 nitrogen and oxygen atoms in total. The third kappa shape index (κ3) is 1.22. The van der Waals surface area contributed by atoms with E-state index in [1.54, 1.807) is 0 Å². The summed E-state index contributed by atoms with van der Waals surface area (Å²) in [5.41, 5.74) is 0. The molecule has 0 aliphatic carbocycles. The largest absolute Gasteiger partial charge is 0.355 e. The van der Waals surface area contributed by atoms with Crippen molar-refractivity contribution >= 4 is 5.84 Å². The van der Waals surface area contributed by atoms with Gasteiger partial charge in [0.2, 0.25) is 0 Å². The lowest BCUT2D eigenvalue weighted by Gasteiger charge is -2.14. The molecule has 1 N–H and O–H groups in total. The second kappa shape index (κ2) is 2.70. The Kier molecular flexibility index (Phi) is 1.89. The van der Waals surface area contributed by atoms with Crippen LogP contribution in [0.1, 0.15) is 26.2 Å². The maximum absolute atomic E-state index is 4.11. The van der Waals surface area contributed by atoms with E-state index in [0.717, 1.165) is 13.1 Å². The minimum absolute atomic E-state index is 0.846. The fourth-order valence-electron chi connectivity index (χ4n) is 0.703. The number of hydrogen-bond acceptors (Lipinski definition) is 2. The van der Waals surface area contributed by atoms with E-state index in [1.807, 2.05) is 0 Å². The molecule has 0 aromatic carbocycles. The van der Waals surface area contributed by atoms with E-state index in [2.05, 4.69) is 17.2 Å². The normalized spacial score (nSPS) is 16.4. The molecule has 0 saturated carbocycles. The smallest absolute Gasteiger partial charge is 0.110 e. The summed E-state index contributed by atoms with van der Waals surface area (Å²) < 4.78 is 0. The van der Waals surface area contributed by atoms with Crippen molar-refractivity contribution in [1.82, 2.24) is 5.32 Å². The van der Waals surface area contributed by atoms with Gasteiger partial charge in [0.15, 0.2) is 0 Å². The third-order valence-corrected chi connectivity index (χ3v) is 1.32. The third-order valence-electron chi connectivity index (χ3n) is 1.32. The summed E-state index contributed by atoms with van der Waals surface area (Å²) in [6.07, 6.45) is 3.68. The molecular formula is C6H12N2. The second-order valence-corrected chi connectivity index (χ2v) is 2.04. The van der Waals surface area contributed by atoms with Gasteiger partial charge in [-0.15, -0.1) is 0 Å². The molecule has 8 heavy (non-hydrogen) atoms. The van der Waals surface area contributed by atoms with E-state index in [-0.39, 0.29) is 0 Å². The molecule has 46 valence electrons. The van der Waals surface area contributed by atoms with Crippen LogP contribution < -0.4 is 5.32 Å². The molecule has 0 spiro atoms. The molecule has 0 aromatic rings. The molecule has 1 heterocycles. The van der Waals surface area contributed by atoms with Gasteiger partial charge in [0, 0.05) is 6.42 Å². The maximum atomic E-state index is 4.11. The Morgan fingerprint density at radius 1 is 1.75 bits per heavy atom. The first-order chi connectivity index (χ1) is 3.93. The number of nitrogens with zero attached hydrogens (tertiary/aromatic N) is 1. The zero-order valence-electron chi connectivity index (χ0n) is 5.28. The molecule has 1 rings (SSSR count). The minimum atomic E-state index is 0.846. The Balaban J connectivity index is 2.02. The summed E-state index contributed by atoms with van der Waals surface area (Å²) in [6, 6.07) is 0. The van der Waals surface area contributed by atoms with Gasteiger partial charge in [-0.2, -0.15) is 0 Å². The number of aliphatic imine (C=N–C) groups is 1. The average molecular weight is 112 g/mol. The number of rotatable bonds is 3. The fraction of sp³-hybridized carbons (Fsp3) is 0.833. The lowest BCUT2D eigenvalue weighted by atomic mass is 10.2. The quantitative estimate of drug-likeness (QED) is 0.581. The molecule has 0 aromatic heterocycles. The summed E-state index contributed by atoms with van der Waals surface area (Å²) >= 11 is 0. The van der Waals surface area contributed by atoms with Gasteiger partial charge in [0.05, 0.1) is 5.84 Å². The molecule has 0 bridgehead atoms. The summed E-state index contributed by atoms with van der Waals surface area (Å²) in [7, 11) is 0. The Morgan fingerprint density at radius 3 is 2.88 bits per heavy atom. The Labute approximate surface area is 50.0 Å². The van der Waals surface area contributed by atoms with Crippen LogP contribution in [0.3, 0.4) is 0 Å². The lowest BCUT2D eigenvalue weighted by Crippen LogP contribution is -2.33. The molecule has 0 fully saturated rings. The highest BCUT2D eigenvalue weighted by molar-refractivity contribution is 5.85. The predicted octanol–water partition coefficient (Wildman–Crippen LogP) is 1.14. The highest BCUT2D eigenvalue weighted by Crippen LogP contribution is 1.98. The molecule has 2 heteroatoms. The van der Waals surface area contributed by atoms with Gasteiger partial charge in [-0.25, -0.2) is 0 Å². The van der Waals surface area contributed by atoms with E-state index in [0.29, 0.717) is 0 Å². The van der Waals surface area contributed by atoms with Crippen LogP contribution in [0.2, 0.25) is 0 Å². The van der Waals surface area contributed by atoms with Crippen molar-refractivity contribution in [3.63, 3.8) is 0 Å². The molecule has 0 unspecified atom stereocenters. The van der Waals surface area contributed by atoms with Gasteiger partial charge in [0.1, 0.15) is 6.67 Å². The number of unbranched alkanes of at least 4 members (excludes halogenated alkanes) is 1. The first-order valence-electron chi connectivity index (χ1n) is 3.20. The van der Waals surface area contributed by atoms with Gasteiger partial charge in [-0.05, 0) is 6.42 Å². The second-order valence-electron chi connectivity index (χ2n) is 2.04. The zero-order valence-corrected chi connectivity index (χ0v) is 5.28. The lowest BCUT2D eigenvalue weighted by molar-refractivity contribution is 0.746. The Morgan fingerprint density at radius 2 is 2.50 bits per heavy atom. The van der Waals surface area contributed by atoms with Crippen molar-refractivity contribution in [3.8, 4) is 0 Å². The van der Waals surface area contributed by atoms with E-state index >= 15 is 0 Å². The number of amidine groups is 1. The molecule has 0 amide bonds. The van der Waals surface area contributed by atoms with Crippen molar-refractivity contribution in [2.24, 2.45) is 4.99 Å². The Hall–Kier alpha value is -0.530. The minimum Gasteiger partial charge on any atom is -0.355 e. The highest BCUT2D eigenvalue weighted by Gasteiger charge is 2.02. The molecule has 0 atom stereocenters. The first kappa shape index (κ1) is 5.60. The SMILES string of the molecule is CCCCC1=NCN1. The van der Waals surface area contributed by atoms with Gasteiger partial charge >= 0.3 is 0 Å². The van der Waals surface area contributed by atoms with Crippen LogP contribution in [0.5, 0.6) is 0 Å². The van der Waals surface area contributed by atoms with Crippen LogP contribution in [-0.2, 0) is 0 Å². The summed E-state index contributed by atoms with van der Waals surface area (Å²) in [6.45, 7) is 3.04. The van der Waals surface area contributed by atoms with Gasteiger partial charge in [0.25, 0.3) is 0 Å². The zero-order chi connectivity index (χ0) is 5.82. The summed E-state index contributed by atoms with van der Waals surface area (Å²) in [5, 5.41) is 3.13. The van der Waals surface area contributed by atoms with Gasteiger partial charge in [-0.1, -0.05) is 13.3 Å². The van der Waals surface area contributed by atoms with Gasteiger partial charge in [-0.3, -0.25) is 4.99 Å². The van der Waals surface area contributed by atoms with Crippen LogP contribution >= 0.6 is 0 Å². The van der Waals surface area contributed by atoms with Crippen molar-refractivity contribution in [1.29, 1.82) is 0 Å². The van der Waals surface area contributed by atoms with Crippen molar-refractivity contribution < 1.29 is 0 Å². The fourth-order valence-corrected chi connectivity index (χ4v) is 0.703. The summed E-state index contributed by atoms with van der Waals surface area (Å²) in [4.78, 5) is 4.11. The standard InChI is InChI=1S/C6H12N2/c1-2-3-4-6-7-5-8-6/h2-5H2,1H3,(H,7,8).